The van der Waals surface area contributed by atoms with Gasteiger partial charge >= 0.3 is 0 Å². The van der Waals surface area contributed by atoms with Gasteiger partial charge < -0.3 is 5.73 Å². The Hall–Kier alpha value is -1.70. The number of rotatable bonds is 6. The highest BCUT2D eigenvalue weighted by Crippen LogP contribution is 2.16. The molecular weight excluding hydrogens is 288 g/mol. The van der Waals surface area contributed by atoms with Gasteiger partial charge in [0.2, 0.25) is 10.0 Å². The summed E-state index contributed by atoms with van der Waals surface area (Å²) in [5, 5.41) is 4.30. The maximum atomic E-state index is 12.4. The molecule has 0 unspecified atom stereocenters. The topological polar surface area (TPSA) is 90.0 Å². The first kappa shape index (κ1) is 15.7. The number of sulfonamides is 1. The number of benzene rings is 1. The summed E-state index contributed by atoms with van der Waals surface area (Å²) in [5.74, 6) is 0. The van der Waals surface area contributed by atoms with Gasteiger partial charge in [-0.05, 0) is 18.1 Å². The molecule has 0 bridgehead atoms. The number of nitrogens with two attached hydrogens (primary N) is 1. The summed E-state index contributed by atoms with van der Waals surface area (Å²) < 4.78 is 29.1. The molecule has 0 saturated carbocycles. The van der Waals surface area contributed by atoms with Crippen LogP contribution in [0, 0.1) is 0 Å². The van der Waals surface area contributed by atoms with E-state index in [1.54, 1.807) is 28.9 Å². The molecule has 0 spiro atoms. The molecule has 2 aromatic rings. The van der Waals surface area contributed by atoms with E-state index in [2.05, 4.69) is 9.82 Å². The number of aromatic nitrogens is 2. The first-order valence-corrected chi connectivity index (χ1v) is 8.25. The molecule has 0 fully saturated rings. The molecule has 2 rings (SSSR count). The lowest BCUT2D eigenvalue weighted by Gasteiger charge is -2.10. The molecule has 21 heavy (non-hydrogen) atoms. The van der Waals surface area contributed by atoms with E-state index < -0.39 is 10.0 Å². The third kappa shape index (κ3) is 3.49. The minimum Gasteiger partial charge on any atom is -0.326 e. The second-order valence-corrected chi connectivity index (χ2v) is 6.50. The molecule has 114 valence electrons. The van der Waals surface area contributed by atoms with Crippen molar-refractivity contribution in [3.63, 3.8) is 0 Å². The molecule has 7 heteroatoms. The highest BCUT2D eigenvalue weighted by atomic mass is 32.2. The molecule has 0 amide bonds. The van der Waals surface area contributed by atoms with Crippen molar-refractivity contribution < 1.29 is 8.42 Å². The maximum Gasteiger partial charge on any atom is 0.241 e. The van der Waals surface area contributed by atoms with Gasteiger partial charge in [-0.2, -0.15) is 5.10 Å². The molecule has 0 atom stereocenters. The molecular formula is C14H20N4O2S. The summed E-state index contributed by atoms with van der Waals surface area (Å²) in [5.41, 5.74) is 7.98. The van der Waals surface area contributed by atoms with E-state index in [9.17, 15) is 8.42 Å². The van der Waals surface area contributed by atoms with Crippen LogP contribution < -0.4 is 10.5 Å². The monoisotopic (exact) mass is 308 g/mol. The molecule has 0 saturated heterocycles. The van der Waals surface area contributed by atoms with Gasteiger partial charge in [0.05, 0.1) is 10.6 Å². The van der Waals surface area contributed by atoms with Crippen LogP contribution in [0.1, 0.15) is 23.7 Å². The van der Waals surface area contributed by atoms with Crippen molar-refractivity contribution in [1.29, 1.82) is 0 Å². The Morgan fingerprint density at radius 3 is 2.67 bits per heavy atom. The van der Waals surface area contributed by atoms with E-state index in [1.807, 2.05) is 20.2 Å². The van der Waals surface area contributed by atoms with Gasteiger partial charge in [-0.15, -0.1) is 0 Å². The molecule has 0 aliphatic carbocycles. The molecule has 0 aliphatic rings. The van der Waals surface area contributed by atoms with Crippen LogP contribution >= 0.6 is 0 Å². The van der Waals surface area contributed by atoms with Crippen molar-refractivity contribution in [3.05, 3.63) is 47.3 Å². The molecule has 1 aromatic carbocycles. The van der Waals surface area contributed by atoms with E-state index in [-0.39, 0.29) is 18.0 Å². The van der Waals surface area contributed by atoms with Gasteiger partial charge in [-0.3, -0.25) is 4.68 Å². The first-order valence-electron chi connectivity index (χ1n) is 6.77. The van der Waals surface area contributed by atoms with Crippen molar-refractivity contribution in [2.75, 3.05) is 0 Å². The average Bonchev–Trinajstić information content (AvgIpc) is 2.85. The predicted octanol–water partition coefficient (Wildman–Crippen LogP) is 0.920. The smallest absolute Gasteiger partial charge is 0.241 e. The Labute approximate surface area is 125 Å². The summed E-state index contributed by atoms with van der Waals surface area (Å²) in [6.45, 7) is 2.40. The molecule has 1 aromatic heterocycles. The Morgan fingerprint density at radius 2 is 2.00 bits per heavy atom. The minimum atomic E-state index is -3.58. The largest absolute Gasteiger partial charge is 0.326 e. The van der Waals surface area contributed by atoms with Crippen LogP contribution in [0.2, 0.25) is 0 Å². The van der Waals surface area contributed by atoms with Crippen LogP contribution in [0.5, 0.6) is 0 Å². The van der Waals surface area contributed by atoms with E-state index in [0.717, 1.165) is 17.7 Å². The van der Waals surface area contributed by atoms with Crippen molar-refractivity contribution >= 4 is 10.0 Å². The summed E-state index contributed by atoms with van der Waals surface area (Å²) in [7, 11) is -1.76. The van der Waals surface area contributed by atoms with Crippen molar-refractivity contribution in [1.82, 2.24) is 14.5 Å². The molecule has 6 nitrogen and oxygen atoms in total. The van der Waals surface area contributed by atoms with Gasteiger partial charge in [-0.25, -0.2) is 13.1 Å². The zero-order valence-electron chi connectivity index (χ0n) is 12.2. The molecule has 0 aliphatic heterocycles. The highest BCUT2D eigenvalue weighted by Gasteiger charge is 2.18. The van der Waals surface area contributed by atoms with Crippen LogP contribution in [0.3, 0.4) is 0 Å². The highest BCUT2D eigenvalue weighted by molar-refractivity contribution is 7.89. The lowest BCUT2D eigenvalue weighted by molar-refractivity contribution is 0.580. The number of nitrogens with zero attached hydrogens (tertiary/aromatic N) is 2. The van der Waals surface area contributed by atoms with E-state index in [1.165, 1.54) is 0 Å². The number of hydrogen-bond acceptors (Lipinski definition) is 4. The minimum absolute atomic E-state index is 0.185. The Kier molecular flexibility index (Phi) is 4.76. The van der Waals surface area contributed by atoms with Crippen molar-refractivity contribution in [2.24, 2.45) is 12.8 Å². The average molecular weight is 308 g/mol. The van der Waals surface area contributed by atoms with Gasteiger partial charge in [0, 0.05) is 31.9 Å². The summed E-state index contributed by atoms with van der Waals surface area (Å²) in [4.78, 5) is 0.231. The number of nitrogens with one attached hydrogen (secondary N) is 1. The van der Waals surface area contributed by atoms with Crippen LogP contribution in [-0.2, 0) is 36.6 Å². The van der Waals surface area contributed by atoms with Gasteiger partial charge in [0.25, 0.3) is 0 Å². The SMILES string of the molecule is CCc1nn(C)cc1CNS(=O)(=O)c1ccccc1CN. The van der Waals surface area contributed by atoms with E-state index >= 15 is 0 Å². The second kappa shape index (κ2) is 6.38. The number of hydrogen-bond donors (Lipinski definition) is 2. The van der Waals surface area contributed by atoms with Crippen LogP contribution in [-0.4, -0.2) is 18.2 Å². The van der Waals surface area contributed by atoms with Gasteiger partial charge in [0.15, 0.2) is 0 Å². The van der Waals surface area contributed by atoms with E-state index in [0.29, 0.717) is 5.56 Å². The third-order valence-electron chi connectivity index (χ3n) is 3.26. The Balaban J connectivity index is 2.22. The maximum absolute atomic E-state index is 12.4. The van der Waals surface area contributed by atoms with Crippen LogP contribution in [0.15, 0.2) is 35.4 Å². The summed E-state index contributed by atoms with van der Waals surface area (Å²) >= 11 is 0. The fourth-order valence-electron chi connectivity index (χ4n) is 2.21. The molecule has 3 N–H and O–H groups in total. The van der Waals surface area contributed by atoms with Gasteiger partial charge in [-0.1, -0.05) is 25.1 Å². The van der Waals surface area contributed by atoms with Crippen LogP contribution in [0.25, 0.3) is 0 Å². The zero-order chi connectivity index (χ0) is 15.5. The quantitative estimate of drug-likeness (QED) is 0.830. The number of aryl methyl sites for hydroxylation is 2. The fraction of sp³-hybridized carbons (Fsp3) is 0.357. The molecule has 0 radical (unpaired) electrons. The van der Waals surface area contributed by atoms with E-state index in [4.69, 9.17) is 5.73 Å². The zero-order valence-corrected chi connectivity index (χ0v) is 13.0. The van der Waals surface area contributed by atoms with Crippen LogP contribution in [0.4, 0.5) is 0 Å². The van der Waals surface area contributed by atoms with Crippen molar-refractivity contribution in [3.8, 4) is 0 Å². The standard InChI is InChI=1S/C14H20N4O2S/c1-3-13-12(10-18(2)17-13)9-16-21(19,20)14-7-5-4-6-11(14)8-15/h4-7,10,16H,3,8-9,15H2,1-2H3. The normalized spacial score (nSPS) is 11.8. The second-order valence-electron chi connectivity index (χ2n) is 4.76. The first-order chi connectivity index (χ1) is 9.97. The van der Waals surface area contributed by atoms with Gasteiger partial charge in [0.1, 0.15) is 0 Å². The molecule has 1 heterocycles. The summed E-state index contributed by atoms with van der Waals surface area (Å²) in [6, 6.07) is 6.75. The summed E-state index contributed by atoms with van der Waals surface area (Å²) in [6.07, 6.45) is 2.59. The fourth-order valence-corrected chi connectivity index (χ4v) is 3.47. The predicted molar refractivity (Wildman–Crippen MR) is 80.9 cm³/mol. The third-order valence-corrected chi connectivity index (χ3v) is 4.76. The lowest BCUT2D eigenvalue weighted by atomic mass is 10.2. The van der Waals surface area contributed by atoms with Crippen molar-refractivity contribution in [2.45, 2.75) is 31.3 Å². The Morgan fingerprint density at radius 1 is 1.29 bits per heavy atom. The lowest BCUT2D eigenvalue weighted by Crippen LogP contribution is -2.25. The Bertz CT molecular complexity index is 722.